The zero-order valence-corrected chi connectivity index (χ0v) is 9.15. The highest BCUT2D eigenvalue weighted by atomic mass is 16.4. The highest BCUT2D eigenvalue weighted by Gasteiger charge is 2.45. The van der Waals surface area contributed by atoms with Gasteiger partial charge in [0.15, 0.2) is 0 Å². The molecular formula is C11H16O4. The summed E-state index contributed by atoms with van der Waals surface area (Å²) in [5.74, 6) is -3.72. The fraction of sp³-hybridized carbons (Fsp3) is 0.636. The summed E-state index contributed by atoms with van der Waals surface area (Å²) in [6.45, 7) is 5.38. The van der Waals surface area contributed by atoms with Crippen molar-refractivity contribution < 1.29 is 19.8 Å². The number of carboxylic acids is 2. The zero-order valence-electron chi connectivity index (χ0n) is 9.15. The van der Waals surface area contributed by atoms with E-state index in [4.69, 9.17) is 10.2 Å². The highest BCUT2D eigenvalue weighted by Crippen LogP contribution is 2.42. The van der Waals surface area contributed by atoms with Crippen LogP contribution in [0.3, 0.4) is 0 Å². The number of allylic oxidation sites excluding steroid dienone is 2. The Labute approximate surface area is 88.6 Å². The summed E-state index contributed by atoms with van der Waals surface area (Å²) in [4.78, 5) is 22.1. The van der Waals surface area contributed by atoms with Crippen LogP contribution in [0.5, 0.6) is 0 Å². The lowest BCUT2D eigenvalue weighted by molar-refractivity contribution is -0.158. The van der Waals surface area contributed by atoms with E-state index in [0.717, 1.165) is 5.57 Å². The SMILES string of the molecule is CC1=CC(C)(C)[C@H](C(=O)O)[C@H](C(=O)O)C1. The molecule has 0 fully saturated rings. The Bertz CT molecular complexity index is 327. The summed E-state index contributed by atoms with van der Waals surface area (Å²) in [6.07, 6.45) is 2.20. The van der Waals surface area contributed by atoms with Crippen LogP contribution in [0.15, 0.2) is 11.6 Å². The number of hydrogen-bond acceptors (Lipinski definition) is 2. The van der Waals surface area contributed by atoms with Crippen molar-refractivity contribution in [1.82, 2.24) is 0 Å². The first-order valence-electron chi connectivity index (χ1n) is 4.89. The molecule has 0 saturated carbocycles. The van der Waals surface area contributed by atoms with Gasteiger partial charge in [-0.3, -0.25) is 9.59 Å². The summed E-state index contributed by atoms with van der Waals surface area (Å²) in [5.41, 5.74) is 0.349. The minimum atomic E-state index is -1.03. The molecule has 0 spiro atoms. The maximum Gasteiger partial charge on any atom is 0.308 e. The molecule has 0 bridgehead atoms. The summed E-state index contributed by atoms with van der Waals surface area (Å²) in [5, 5.41) is 18.1. The van der Waals surface area contributed by atoms with Gasteiger partial charge >= 0.3 is 11.9 Å². The van der Waals surface area contributed by atoms with E-state index in [1.165, 1.54) is 0 Å². The van der Waals surface area contributed by atoms with Gasteiger partial charge in [-0.2, -0.15) is 0 Å². The molecule has 2 atom stereocenters. The molecule has 4 heteroatoms. The van der Waals surface area contributed by atoms with Gasteiger partial charge in [0.2, 0.25) is 0 Å². The lowest BCUT2D eigenvalue weighted by Crippen LogP contribution is -2.42. The summed E-state index contributed by atoms with van der Waals surface area (Å²) < 4.78 is 0. The Morgan fingerprint density at radius 2 is 1.87 bits per heavy atom. The molecule has 15 heavy (non-hydrogen) atoms. The van der Waals surface area contributed by atoms with Crippen LogP contribution in [0, 0.1) is 17.3 Å². The van der Waals surface area contributed by atoms with Gasteiger partial charge in [-0.25, -0.2) is 0 Å². The van der Waals surface area contributed by atoms with E-state index in [-0.39, 0.29) is 0 Å². The molecule has 0 radical (unpaired) electrons. The number of hydrogen-bond donors (Lipinski definition) is 2. The minimum Gasteiger partial charge on any atom is -0.481 e. The van der Waals surface area contributed by atoms with Gasteiger partial charge in [0.05, 0.1) is 11.8 Å². The van der Waals surface area contributed by atoms with Gasteiger partial charge in [-0.15, -0.1) is 0 Å². The van der Waals surface area contributed by atoms with Crippen molar-refractivity contribution in [3.8, 4) is 0 Å². The van der Waals surface area contributed by atoms with Crippen LogP contribution >= 0.6 is 0 Å². The molecule has 0 aromatic rings. The quantitative estimate of drug-likeness (QED) is 0.684. The number of aliphatic carboxylic acids is 2. The monoisotopic (exact) mass is 212 g/mol. The number of rotatable bonds is 2. The van der Waals surface area contributed by atoms with Crippen LogP contribution in [0.4, 0.5) is 0 Å². The van der Waals surface area contributed by atoms with E-state index in [1.807, 2.05) is 13.0 Å². The lowest BCUT2D eigenvalue weighted by Gasteiger charge is -2.37. The van der Waals surface area contributed by atoms with Gasteiger partial charge in [-0.1, -0.05) is 25.5 Å². The Morgan fingerprint density at radius 1 is 1.33 bits per heavy atom. The lowest BCUT2D eigenvalue weighted by atomic mass is 9.65. The Balaban J connectivity index is 3.16. The third-order valence-electron chi connectivity index (χ3n) is 2.95. The first-order valence-corrected chi connectivity index (χ1v) is 4.89. The average molecular weight is 212 g/mol. The molecule has 0 saturated heterocycles. The van der Waals surface area contributed by atoms with E-state index in [9.17, 15) is 9.59 Å². The minimum absolute atomic E-state index is 0.329. The molecule has 0 aromatic carbocycles. The summed E-state index contributed by atoms with van der Waals surface area (Å²) in [6, 6.07) is 0. The van der Waals surface area contributed by atoms with Gasteiger partial charge < -0.3 is 10.2 Å². The fourth-order valence-corrected chi connectivity index (χ4v) is 2.49. The van der Waals surface area contributed by atoms with E-state index < -0.39 is 29.2 Å². The van der Waals surface area contributed by atoms with Crippen molar-refractivity contribution in [2.45, 2.75) is 27.2 Å². The van der Waals surface area contributed by atoms with Crippen LogP contribution in [-0.4, -0.2) is 22.2 Å². The molecule has 4 nitrogen and oxygen atoms in total. The predicted molar refractivity (Wildman–Crippen MR) is 54.4 cm³/mol. The molecule has 2 N–H and O–H groups in total. The second-order valence-corrected chi connectivity index (χ2v) is 4.78. The average Bonchev–Trinajstić information content (AvgIpc) is 1.98. The Morgan fingerprint density at radius 3 is 2.27 bits per heavy atom. The predicted octanol–water partition coefficient (Wildman–Crippen LogP) is 1.76. The van der Waals surface area contributed by atoms with Gasteiger partial charge in [0.1, 0.15) is 0 Å². The molecule has 0 unspecified atom stereocenters. The van der Waals surface area contributed by atoms with E-state index in [2.05, 4.69) is 0 Å². The largest absolute Gasteiger partial charge is 0.481 e. The summed E-state index contributed by atoms with van der Waals surface area (Å²) in [7, 11) is 0. The van der Waals surface area contributed by atoms with Crippen LogP contribution in [0.1, 0.15) is 27.2 Å². The van der Waals surface area contributed by atoms with Gasteiger partial charge in [-0.05, 0) is 18.8 Å². The van der Waals surface area contributed by atoms with Crippen molar-refractivity contribution in [1.29, 1.82) is 0 Å². The third kappa shape index (κ3) is 2.19. The molecule has 1 aliphatic rings. The topological polar surface area (TPSA) is 74.6 Å². The van der Waals surface area contributed by atoms with Crippen LogP contribution < -0.4 is 0 Å². The number of carboxylic acid groups (broad SMARTS) is 2. The highest BCUT2D eigenvalue weighted by molar-refractivity contribution is 5.81. The van der Waals surface area contributed by atoms with Crippen molar-refractivity contribution in [2.24, 2.45) is 17.3 Å². The molecule has 0 amide bonds. The smallest absolute Gasteiger partial charge is 0.308 e. The first-order chi connectivity index (χ1) is 6.75. The van der Waals surface area contributed by atoms with E-state index in [1.54, 1.807) is 13.8 Å². The summed E-state index contributed by atoms with van der Waals surface area (Å²) >= 11 is 0. The standard InChI is InChI=1S/C11H16O4/c1-6-4-7(9(12)13)8(10(14)15)11(2,3)5-6/h5,7-8H,4H2,1-3H3,(H,12,13)(H,14,15)/t7-,8+/m1/s1. The Hall–Kier alpha value is -1.32. The van der Waals surface area contributed by atoms with Crippen molar-refractivity contribution >= 4 is 11.9 Å². The Kier molecular flexibility index (Phi) is 2.88. The van der Waals surface area contributed by atoms with Crippen LogP contribution in [0.2, 0.25) is 0 Å². The number of carbonyl (C=O) groups is 2. The van der Waals surface area contributed by atoms with Crippen molar-refractivity contribution in [3.63, 3.8) is 0 Å². The molecule has 1 rings (SSSR count). The normalized spacial score (nSPS) is 29.4. The molecule has 0 aliphatic heterocycles. The fourth-order valence-electron chi connectivity index (χ4n) is 2.49. The van der Waals surface area contributed by atoms with E-state index in [0.29, 0.717) is 6.42 Å². The second kappa shape index (κ2) is 3.68. The van der Waals surface area contributed by atoms with Gasteiger partial charge in [0.25, 0.3) is 0 Å². The first kappa shape index (κ1) is 11.8. The maximum atomic E-state index is 11.1. The molecular weight excluding hydrogens is 196 g/mol. The van der Waals surface area contributed by atoms with Crippen LogP contribution in [-0.2, 0) is 9.59 Å². The molecule has 0 aromatic heterocycles. The molecule has 0 heterocycles. The zero-order chi connectivity index (χ0) is 11.8. The second-order valence-electron chi connectivity index (χ2n) is 4.78. The van der Waals surface area contributed by atoms with Crippen molar-refractivity contribution in [2.75, 3.05) is 0 Å². The van der Waals surface area contributed by atoms with Crippen molar-refractivity contribution in [3.05, 3.63) is 11.6 Å². The van der Waals surface area contributed by atoms with Crippen LogP contribution in [0.25, 0.3) is 0 Å². The maximum absolute atomic E-state index is 11.1. The van der Waals surface area contributed by atoms with E-state index >= 15 is 0 Å². The molecule has 1 aliphatic carbocycles. The third-order valence-corrected chi connectivity index (χ3v) is 2.95. The van der Waals surface area contributed by atoms with Gasteiger partial charge in [0, 0.05) is 0 Å². The molecule has 84 valence electrons.